The van der Waals surface area contributed by atoms with E-state index in [-0.39, 0.29) is 17.2 Å². The number of halogens is 2. The van der Waals surface area contributed by atoms with Gasteiger partial charge in [0.25, 0.3) is 0 Å². The highest BCUT2D eigenvalue weighted by atomic mass is 35.5. The molecule has 34 heavy (non-hydrogen) atoms. The van der Waals surface area contributed by atoms with Gasteiger partial charge in [-0.25, -0.2) is 14.4 Å². The molecule has 5 rings (SSSR count). The Hall–Kier alpha value is -2.72. The van der Waals surface area contributed by atoms with Crippen LogP contribution in [0, 0.1) is 5.82 Å². The number of ether oxygens (including phenoxy) is 4. The summed E-state index contributed by atoms with van der Waals surface area (Å²) in [5.41, 5.74) is 1.30. The van der Waals surface area contributed by atoms with Crippen LogP contribution in [0.4, 0.5) is 15.9 Å². The van der Waals surface area contributed by atoms with Gasteiger partial charge in [-0.05, 0) is 30.7 Å². The summed E-state index contributed by atoms with van der Waals surface area (Å²) in [6.45, 7) is 4.56. The molecule has 0 aliphatic carbocycles. The summed E-state index contributed by atoms with van der Waals surface area (Å²) < 4.78 is 36.7. The first-order chi connectivity index (χ1) is 16.6. The van der Waals surface area contributed by atoms with E-state index in [1.165, 1.54) is 18.5 Å². The zero-order chi connectivity index (χ0) is 23.5. The van der Waals surface area contributed by atoms with E-state index in [1.54, 1.807) is 13.2 Å². The Labute approximate surface area is 201 Å². The van der Waals surface area contributed by atoms with Gasteiger partial charge in [0.2, 0.25) is 0 Å². The number of benzene rings is 2. The summed E-state index contributed by atoms with van der Waals surface area (Å²) in [7, 11) is 1.60. The van der Waals surface area contributed by atoms with Gasteiger partial charge in [-0.2, -0.15) is 0 Å². The summed E-state index contributed by atoms with van der Waals surface area (Å²) in [6.07, 6.45) is 2.66. The molecule has 0 radical (unpaired) electrons. The van der Waals surface area contributed by atoms with Crippen molar-refractivity contribution in [2.45, 2.75) is 18.6 Å². The van der Waals surface area contributed by atoms with Gasteiger partial charge < -0.3 is 24.3 Å². The van der Waals surface area contributed by atoms with Gasteiger partial charge in [0.1, 0.15) is 18.0 Å². The summed E-state index contributed by atoms with van der Waals surface area (Å²) in [4.78, 5) is 11.0. The van der Waals surface area contributed by atoms with Gasteiger partial charge in [0.15, 0.2) is 11.5 Å². The summed E-state index contributed by atoms with van der Waals surface area (Å²) in [6, 6.07) is 8.08. The van der Waals surface area contributed by atoms with Crippen molar-refractivity contribution >= 4 is 34.0 Å². The second kappa shape index (κ2) is 10.3. The molecule has 180 valence electrons. The second-order valence-corrected chi connectivity index (χ2v) is 8.68. The van der Waals surface area contributed by atoms with Crippen LogP contribution in [0.1, 0.15) is 6.42 Å². The van der Waals surface area contributed by atoms with Crippen molar-refractivity contribution in [1.29, 1.82) is 0 Å². The first kappa shape index (κ1) is 23.0. The number of hydrogen-bond acceptors (Lipinski definition) is 8. The lowest BCUT2D eigenvalue weighted by atomic mass is 10.2. The number of aromatic nitrogens is 2. The highest BCUT2D eigenvalue weighted by Crippen LogP contribution is 2.35. The molecule has 3 aromatic rings. The monoisotopic (exact) mass is 488 g/mol. The van der Waals surface area contributed by atoms with Crippen LogP contribution in [0.3, 0.4) is 0 Å². The van der Waals surface area contributed by atoms with Crippen molar-refractivity contribution in [3.8, 4) is 11.5 Å². The largest absolute Gasteiger partial charge is 0.493 e. The highest BCUT2D eigenvalue weighted by molar-refractivity contribution is 6.31. The van der Waals surface area contributed by atoms with Gasteiger partial charge >= 0.3 is 0 Å². The summed E-state index contributed by atoms with van der Waals surface area (Å²) in [5, 5.41) is 3.96. The number of fused-ring (bicyclic) bond motifs is 2. The smallest absolute Gasteiger partial charge is 0.162 e. The highest BCUT2D eigenvalue weighted by Gasteiger charge is 2.36. The number of rotatable bonds is 8. The minimum Gasteiger partial charge on any atom is -0.493 e. The Morgan fingerprint density at radius 1 is 1.12 bits per heavy atom. The topological polar surface area (TPSA) is 78.0 Å². The first-order valence-electron chi connectivity index (χ1n) is 11.2. The Kier molecular flexibility index (Phi) is 6.96. The van der Waals surface area contributed by atoms with Gasteiger partial charge in [0.05, 0.1) is 49.7 Å². The molecular formula is C24H26ClFN4O4. The Balaban J connectivity index is 1.27. The maximum atomic E-state index is 13.5. The van der Waals surface area contributed by atoms with Crippen molar-refractivity contribution in [2.24, 2.45) is 0 Å². The minimum atomic E-state index is -0.479. The molecule has 2 atom stereocenters. The van der Waals surface area contributed by atoms with Gasteiger partial charge in [0, 0.05) is 36.8 Å². The van der Waals surface area contributed by atoms with Crippen LogP contribution < -0.4 is 14.8 Å². The standard InChI is InChI=1S/C24H26ClFN4O4/c1-31-20-11-19-16(24(28-14-27-19)29-15-3-4-18(26)17(25)9-15)10-21(20)32-6-2-5-30-12-22-23(13-30)34-8-7-33-22/h3-4,9-11,14,22-23H,2,5-8,12-13H2,1H3,(H,27,28,29)/t22-,23?/m0/s1. The van der Waals surface area contributed by atoms with Crippen LogP contribution >= 0.6 is 11.6 Å². The lowest BCUT2D eigenvalue weighted by Gasteiger charge is -2.24. The van der Waals surface area contributed by atoms with Crippen molar-refractivity contribution < 1.29 is 23.3 Å². The molecule has 0 amide bonds. The molecule has 10 heteroatoms. The third-order valence-electron chi connectivity index (χ3n) is 6.02. The quantitative estimate of drug-likeness (QED) is 0.476. The van der Waals surface area contributed by atoms with Crippen LogP contribution in [0.2, 0.25) is 5.02 Å². The third-order valence-corrected chi connectivity index (χ3v) is 6.31. The molecule has 8 nitrogen and oxygen atoms in total. The SMILES string of the molecule is COc1cc2ncnc(Nc3ccc(F)c(Cl)c3)c2cc1OCCCN1CC2OCCO[C@H]2C1. The predicted molar refractivity (Wildman–Crippen MR) is 127 cm³/mol. The molecule has 0 saturated carbocycles. The van der Waals surface area contributed by atoms with Crippen LogP contribution in [0.25, 0.3) is 10.9 Å². The van der Waals surface area contributed by atoms with Gasteiger partial charge in [-0.3, -0.25) is 4.90 Å². The van der Waals surface area contributed by atoms with Gasteiger partial charge in [-0.15, -0.1) is 0 Å². The maximum Gasteiger partial charge on any atom is 0.162 e. The van der Waals surface area contributed by atoms with E-state index in [0.29, 0.717) is 48.3 Å². The number of nitrogens with zero attached hydrogens (tertiary/aromatic N) is 3. The van der Waals surface area contributed by atoms with Gasteiger partial charge in [-0.1, -0.05) is 11.6 Å². The molecule has 2 fully saturated rings. The Morgan fingerprint density at radius 3 is 2.65 bits per heavy atom. The van der Waals surface area contributed by atoms with Crippen LogP contribution in [-0.2, 0) is 9.47 Å². The maximum absolute atomic E-state index is 13.5. The molecule has 0 bridgehead atoms. The molecule has 1 N–H and O–H groups in total. The average Bonchev–Trinajstić information content (AvgIpc) is 3.27. The molecular weight excluding hydrogens is 463 g/mol. The molecule has 3 heterocycles. The van der Waals surface area contributed by atoms with Crippen molar-refractivity contribution in [2.75, 3.05) is 51.9 Å². The first-order valence-corrected chi connectivity index (χ1v) is 11.6. The fraction of sp³-hybridized carbons (Fsp3) is 0.417. The molecule has 0 spiro atoms. The van der Waals surface area contributed by atoms with Crippen LogP contribution in [-0.4, -0.2) is 73.6 Å². The zero-order valence-corrected chi connectivity index (χ0v) is 19.6. The van der Waals surface area contributed by atoms with E-state index in [9.17, 15) is 4.39 Å². The molecule has 1 aromatic heterocycles. The summed E-state index contributed by atoms with van der Waals surface area (Å²) >= 11 is 5.91. The molecule has 2 aliphatic rings. The Bertz CT molecular complexity index is 1150. The van der Waals surface area contributed by atoms with E-state index >= 15 is 0 Å². The van der Waals surface area contributed by atoms with Crippen LogP contribution in [0.5, 0.6) is 11.5 Å². The number of anilines is 2. The van der Waals surface area contributed by atoms with E-state index in [2.05, 4.69) is 20.2 Å². The molecule has 2 aromatic carbocycles. The lowest BCUT2D eigenvalue weighted by molar-refractivity contribution is -0.116. The number of methoxy groups -OCH3 is 1. The number of nitrogens with one attached hydrogen (secondary N) is 1. The average molecular weight is 489 g/mol. The lowest BCUT2D eigenvalue weighted by Crippen LogP contribution is -2.36. The molecule has 1 unspecified atom stereocenters. The van der Waals surface area contributed by atoms with E-state index < -0.39 is 5.82 Å². The van der Waals surface area contributed by atoms with Crippen molar-refractivity contribution in [1.82, 2.24) is 14.9 Å². The summed E-state index contributed by atoms with van der Waals surface area (Å²) in [5.74, 6) is 1.27. The zero-order valence-electron chi connectivity index (χ0n) is 18.8. The fourth-order valence-corrected chi connectivity index (χ4v) is 4.52. The van der Waals surface area contributed by atoms with E-state index in [4.69, 9.17) is 30.5 Å². The van der Waals surface area contributed by atoms with Crippen LogP contribution in [0.15, 0.2) is 36.7 Å². The number of hydrogen-bond donors (Lipinski definition) is 1. The third kappa shape index (κ3) is 5.02. The number of likely N-dealkylation sites (tertiary alicyclic amines) is 1. The molecule has 2 saturated heterocycles. The Morgan fingerprint density at radius 2 is 1.91 bits per heavy atom. The van der Waals surface area contributed by atoms with E-state index in [1.807, 2.05) is 12.1 Å². The second-order valence-electron chi connectivity index (χ2n) is 8.28. The van der Waals surface area contributed by atoms with Crippen molar-refractivity contribution in [3.05, 3.63) is 47.5 Å². The normalized spacial score (nSPS) is 20.3. The predicted octanol–water partition coefficient (Wildman–Crippen LogP) is 4.04. The molecule has 2 aliphatic heterocycles. The minimum absolute atomic E-state index is 0.0319. The fourth-order valence-electron chi connectivity index (χ4n) is 4.34. The van der Waals surface area contributed by atoms with E-state index in [0.717, 1.165) is 31.4 Å². The van der Waals surface area contributed by atoms with Crippen molar-refractivity contribution in [3.63, 3.8) is 0 Å².